The molecule has 68 valence electrons. The van der Waals surface area contributed by atoms with Gasteiger partial charge in [-0.05, 0) is 29.2 Å². The van der Waals surface area contributed by atoms with Crippen LogP contribution in [-0.2, 0) is 7.05 Å². The first-order valence-electron chi connectivity index (χ1n) is 4.42. The van der Waals surface area contributed by atoms with Crippen LogP contribution in [0.25, 0.3) is 17.0 Å². The summed E-state index contributed by atoms with van der Waals surface area (Å²) in [7, 11) is 2.01. The van der Waals surface area contributed by atoms with Crippen molar-refractivity contribution in [3.8, 4) is 6.07 Å². The Bertz CT molecular complexity index is 527. The van der Waals surface area contributed by atoms with E-state index >= 15 is 0 Å². The molecule has 0 atom stereocenters. The van der Waals surface area contributed by atoms with Crippen molar-refractivity contribution in [2.24, 2.45) is 7.05 Å². The lowest BCUT2D eigenvalue weighted by atomic mass is 10.1. The van der Waals surface area contributed by atoms with E-state index in [1.807, 2.05) is 31.5 Å². The highest BCUT2D eigenvalue weighted by Gasteiger charge is 1.97. The molecule has 0 saturated carbocycles. The number of benzene rings is 1. The molecule has 0 aliphatic carbocycles. The third-order valence-corrected chi connectivity index (χ3v) is 2.26. The Hall–Kier alpha value is -2.01. The van der Waals surface area contributed by atoms with Crippen LogP contribution in [0.2, 0.25) is 0 Å². The van der Waals surface area contributed by atoms with Crippen LogP contribution in [0.1, 0.15) is 5.56 Å². The molecular weight excluding hydrogens is 172 g/mol. The van der Waals surface area contributed by atoms with Gasteiger partial charge in [0, 0.05) is 24.8 Å². The van der Waals surface area contributed by atoms with E-state index in [0.29, 0.717) is 0 Å². The molecular formula is C12H10N2. The van der Waals surface area contributed by atoms with Gasteiger partial charge in [0.15, 0.2) is 0 Å². The molecule has 0 amide bonds. The van der Waals surface area contributed by atoms with Crippen molar-refractivity contribution in [3.63, 3.8) is 0 Å². The predicted octanol–water partition coefficient (Wildman–Crippen LogP) is 2.72. The maximum Gasteiger partial charge on any atom is 0.0912 e. The summed E-state index contributed by atoms with van der Waals surface area (Å²) in [6.45, 7) is 0. The van der Waals surface area contributed by atoms with E-state index in [4.69, 9.17) is 5.26 Å². The summed E-state index contributed by atoms with van der Waals surface area (Å²) in [5.74, 6) is 0. The van der Waals surface area contributed by atoms with Gasteiger partial charge in [-0.1, -0.05) is 12.1 Å². The quantitative estimate of drug-likeness (QED) is 0.623. The maximum atomic E-state index is 8.41. The molecule has 1 aromatic carbocycles. The maximum absolute atomic E-state index is 8.41. The predicted molar refractivity (Wildman–Crippen MR) is 57.6 cm³/mol. The van der Waals surface area contributed by atoms with Gasteiger partial charge in [-0.3, -0.25) is 0 Å². The van der Waals surface area contributed by atoms with E-state index in [9.17, 15) is 0 Å². The highest BCUT2D eigenvalue weighted by atomic mass is 14.9. The van der Waals surface area contributed by atoms with Gasteiger partial charge in [0.25, 0.3) is 0 Å². The molecule has 2 rings (SSSR count). The van der Waals surface area contributed by atoms with E-state index in [1.54, 1.807) is 0 Å². The minimum absolute atomic E-state index is 1.06. The minimum atomic E-state index is 1.06. The zero-order valence-electron chi connectivity index (χ0n) is 7.94. The third-order valence-electron chi connectivity index (χ3n) is 2.26. The van der Waals surface area contributed by atoms with Gasteiger partial charge in [0.05, 0.1) is 6.07 Å². The zero-order valence-corrected chi connectivity index (χ0v) is 7.94. The molecule has 0 N–H and O–H groups in total. The molecule has 0 bridgehead atoms. The smallest absolute Gasteiger partial charge is 0.0912 e. The number of fused-ring (bicyclic) bond motifs is 1. The average molecular weight is 182 g/mol. The number of hydrogen-bond donors (Lipinski definition) is 0. The molecule has 2 nitrogen and oxygen atoms in total. The van der Waals surface area contributed by atoms with Crippen molar-refractivity contribution in [1.29, 1.82) is 5.26 Å². The largest absolute Gasteiger partial charge is 0.351 e. The number of hydrogen-bond acceptors (Lipinski definition) is 1. The van der Waals surface area contributed by atoms with Crippen LogP contribution in [0.4, 0.5) is 0 Å². The molecule has 0 spiro atoms. The summed E-state index contributed by atoms with van der Waals surface area (Å²) >= 11 is 0. The topological polar surface area (TPSA) is 28.7 Å². The third kappa shape index (κ3) is 1.40. The molecule has 0 aliphatic heterocycles. The first kappa shape index (κ1) is 8.58. The summed E-state index contributed by atoms with van der Waals surface area (Å²) in [6.07, 6.45) is 5.33. The van der Waals surface area contributed by atoms with Crippen LogP contribution >= 0.6 is 0 Å². The lowest BCUT2D eigenvalue weighted by molar-refractivity contribution is 0.969. The van der Waals surface area contributed by atoms with Gasteiger partial charge in [-0.15, -0.1) is 0 Å². The highest BCUT2D eigenvalue weighted by molar-refractivity contribution is 5.82. The van der Waals surface area contributed by atoms with Crippen LogP contribution in [0.5, 0.6) is 0 Å². The number of nitrogens with zero attached hydrogens (tertiary/aromatic N) is 2. The Morgan fingerprint density at radius 2 is 2.21 bits per heavy atom. The van der Waals surface area contributed by atoms with Gasteiger partial charge in [-0.2, -0.15) is 5.26 Å². The Labute approximate surface area is 82.7 Å². The van der Waals surface area contributed by atoms with Gasteiger partial charge in [0.2, 0.25) is 0 Å². The highest BCUT2D eigenvalue weighted by Crippen LogP contribution is 2.17. The van der Waals surface area contributed by atoms with E-state index in [1.165, 1.54) is 17.0 Å². The van der Waals surface area contributed by atoms with E-state index in [-0.39, 0.29) is 0 Å². The van der Waals surface area contributed by atoms with Gasteiger partial charge >= 0.3 is 0 Å². The zero-order chi connectivity index (χ0) is 9.97. The molecule has 0 saturated heterocycles. The molecule has 2 heteroatoms. The lowest BCUT2D eigenvalue weighted by Gasteiger charge is -1.97. The summed E-state index contributed by atoms with van der Waals surface area (Å²) in [5, 5.41) is 9.64. The van der Waals surface area contributed by atoms with Crippen molar-refractivity contribution >= 4 is 17.0 Å². The second-order valence-electron chi connectivity index (χ2n) is 3.21. The minimum Gasteiger partial charge on any atom is -0.351 e. The fraction of sp³-hybridized carbons (Fsp3) is 0.0833. The van der Waals surface area contributed by atoms with Crippen LogP contribution < -0.4 is 0 Å². The number of rotatable bonds is 1. The van der Waals surface area contributed by atoms with Crippen LogP contribution in [0.15, 0.2) is 36.5 Å². The lowest BCUT2D eigenvalue weighted by Crippen LogP contribution is -1.83. The number of allylic oxidation sites excluding steroid dienone is 1. The van der Waals surface area contributed by atoms with Gasteiger partial charge in [-0.25, -0.2) is 0 Å². The number of aryl methyl sites for hydroxylation is 1. The van der Waals surface area contributed by atoms with Crippen molar-refractivity contribution in [3.05, 3.63) is 42.1 Å². The van der Waals surface area contributed by atoms with Crippen molar-refractivity contribution in [1.82, 2.24) is 4.57 Å². The van der Waals surface area contributed by atoms with Gasteiger partial charge < -0.3 is 4.57 Å². The first-order valence-corrected chi connectivity index (χ1v) is 4.42. The van der Waals surface area contributed by atoms with Crippen molar-refractivity contribution < 1.29 is 0 Å². The van der Waals surface area contributed by atoms with E-state index < -0.39 is 0 Å². The Balaban J connectivity index is 2.56. The summed E-state index contributed by atoms with van der Waals surface area (Å²) < 4.78 is 2.07. The SMILES string of the molecule is Cn1ccc2ccc(/C=C/C#N)cc21. The molecule has 0 unspecified atom stereocenters. The fourth-order valence-corrected chi connectivity index (χ4v) is 1.52. The molecule has 2 aromatic rings. The molecule has 0 fully saturated rings. The molecule has 0 radical (unpaired) electrons. The standard InChI is InChI=1S/C12H10N2/c1-14-8-6-11-5-4-10(3-2-7-13)9-12(11)14/h2-6,8-9H,1H3/b3-2+. The normalized spacial score (nSPS) is 10.9. The van der Waals surface area contributed by atoms with E-state index in [2.05, 4.69) is 22.8 Å². The number of nitriles is 1. The summed E-state index contributed by atoms with van der Waals surface area (Å²) in [4.78, 5) is 0. The summed E-state index contributed by atoms with van der Waals surface area (Å²) in [6, 6.07) is 10.2. The van der Waals surface area contributed by atoms with Crippen LogP contribution in [-0.4, -0.2) is 4.57 Å². The van der Waals surface area contributed by atoms with Crippen LogP contribution in [0, 0.1) is 11.3 Å². The van der Waals surface area contributed by atoms with E-state index in [0.717, 1.165) is 5.56 Å². The summed E-state index contributed by atoms with van der Waals surface area (Å²) in [5.41, 5.74) is 2.24. The number of aromatic nitrogens is 1. The fourth-order valence-electron chi connectivity index (χ4n) is 1.52. The van der Waals surface area contributed by atoms with Gasteiger partial charge in [0.1, 0.15) is 0 Å². The van der Waals surface area contributed by atoms with Crippen LogP contribution in [0.3, 0.4) is 0 Å². The van der Waals surface area contributed by atoms with Crippen molar-refractivity contribution in [2.45, 2.75) is 0 Å². The molecule has 1 heterocycles. The monoisotopic (exact) mass is 182 g/mol. The second kappa shape index (κ2) is 3.39. The first-order chi connectivity index (χ1) is 6.81. The second-order valence-corrected chi connectivity index (χ2v) is 3.21. The Kier molecular flexibility index (Phi) is 2.08. The Morgan fingerprint density at radius 1 is 1.36 bits per heavy atom. The van der Waals surface area contributed by atoms with Crippen molar-refractivity contribution in [2.75, 3.05) is 0 Å². The molecule has 14 heavy (non-hydrogen) atoms. The Morgan fingerprint density at radius 3 is 3.00 bits per heavy atom. The molecule has 1 aromatic heterocycles. The molecule has 0 aliphatic rings. The average Bonchev–Trinajstić information content (AvgIpc) is 2.57.